The van der Waals surface area contributed by atoms with Gasteiger partial charge in [-0.1, -0.05) is 0 Å². The lowest BCUT2D eigenvalue weighted by Crippen LogP contribution is -2.67. The van der Waals surface area contributed by atoms with Gasteiger partial charge >= 0.3 is 0 Å². The van der Waals surface area contributed by atoms with E-state index in [1.54, 1.807) is 17.7 Å². The lowest BCUT2D eigenvalue weighted by Gasteiger charge is -2.57. The molecule has 4 aliphatic rings. The highest BCUT2D eigenvalue weighted by atomic mass is 19.1. The van der Waals surface area contributed by atoms with Crippen LogP contribution in [-0.4, -0.2) is 86.1 Å². The Morgan fingerprint density at radius 1 is 1.16 bits per heavy atom. The number of carbonyl (C=O) groups excluding carboxylic acids is 2. The van der Waals surface area contributed by atoms with Crippen molar-refractivity contribution < 1.29 is 23.8 Å². The predicted molar refractivity (Wildman–Crippen MR) is 165 cm³/mol. The predicted octanol–water partition coefficient (Wildman–Crippen LogP) is 3.86. The zero-order valence-corrected chi connectivity index (χ0v) is 26.2. The molecular weight excluding hydrogens is 577 g/mol. The average Bonchev–Trinajstić information content (AvgIpc) is 3.45. The highest BCUT2D eigenvalue weighted by Gasteiger charge is 2.56. The van der Waals surface area contributed by atoms with Gasteiger partial charge in [-0.2, -0.15) is 10.4 Å². The number of aromatic nitrogens is 3. The molecule has 3 saturated carbocycles. The highest BCUT2D eigenvalue weighted by molar-refractivity contribution is 6.00. The number of likely N-dealkylation sites (tertiary alicyclic amines) is 1. The number of halogens is 1. The fourth-order valence-electron chi connectivity index (χ4n) is 7.01. The van der Waals surface area contributed by atoms with Crippen molar-refractivity contribution in [1.29, 1.82) is 5.26 Å². The Morgan fingerprint density at radius 3 is 2.47 bits per heavy atom. The molecule has 45 heavy (non-hydrogen) atoms. The summed E-state index contributed by atoms with van der Waals surface area (Å²) in [5.74, 6) is -0.289. The molecule has 11 nitrogen and oxygen atoms in total. The van der Waals surface area contributed by atoms with E-state index in [1.807, 2.05) is 30.0 Å². The summed E-state index contributed by atoms with van der Waals surface area (Å²) in [6.07, 6.45) is 5.86. The number of anilines is 1. The van der Waals surface area contributed by atoms with Gasteiger partial charge in [0.05, 0.1) is 70.8 Å². The number of amides is 2. The second-order valence-corrected chi connectivity index (χ2v) is 13.9. The highest BCUT2D eigenvalue weighted by Crippen LogP contribution is 2.55. The molecule has 7 rings (SSSR count). The third kappa shape index (κ3) is 5.64. The molecule has 3 aromatic heterocycles. The molecule has 0 radical (unpaired) electrons. The standard InChI is InChI=1S/C33H40FN7O4/c1-30(2,44)27(34)18-37-28(42)23-17-36-25(26-6-5-22-13-21(15-35)16-38-41(22)26)14-24(23)39-33-10-7-32(8-11-33,9-12-33)29(43)40-19-31(3,20-40)45-4/h5-6,13-14,16-17,27,44H,7-12,18-20H2,1-4H3,(H,36,39)(H,37,42)/t27-,32?,33?/m1/s1. The van der Waals surface area contributed by atoms with E-state index in [-0.39, 0.29) is 34.6 Å². The van der Waals surface area contributed by atoms with E-state index >= 15 is 0 Å². The van der Waals surface area contributed by atoms with Crippen molar-refractivity contribution in [2.45, 2.75) is 82.2 Å². The molecule has 0 unspecified atom stereocenters. The number of pyridine rings is 1. The number of alkyl halides is 1. The Kier molecular flexibility index (Phi) is 7.61. The lowest BCUT2D eigenvalue weighted by atomic mass is 9.56. The van der Waals surface area contributed by atoms with Gasteiger partial charge in [0.15, 0.2) is 0 Å². The van der Waals surface area contributed by atoms with Crippen LogP contribution >= 0.6 is 0 Å². The number of nitriles is 1. The number of hydrogen-bond donors (Lipinski definition) is 3. The number of methoxy groups -OCH3 is 1. The molecule has 1 saturated heterocycles. The minimum Gasteiger partial charge on any atom is -0.387 e. The summed E-state index contributed by atoms with van der Waals surface area (Å²) in [7, 11) is 1.68. The van der Waals surface area contributed by atoms with Gasteiger partial charge < -0.3 is 25.4 Å². The minimum absolute atomic E-state index is 0.219. The van der Waals surface area contributed by atoms with Crippen molar-refractivity contribution in [2.75, 3.05) is 32.1 Å². The van der Waals surface area contributed by atoms with Gasteiger partial charge in [0.2, 0.25) is 5.91 Å². The first-order valence-electron chi connectivity index (χ1n) is 15.5. The number of rotatable bonds is 9. The van der Waals surface area contributed by atoms with E-state index in [0.717, 1.165) is 44.0 Å². The number of carbonyl (C=O) groups is 2. The smallest absolute Gasteiger partial charge is 0.255 e. The van der Waals surface area contributed by atoms with Crippen LogP contribution in [0.1, 0.15) is 75.2 Å². The van der Waals surface area contributed by atoms with Crippen molar-refractivity contribution in [3.63, 3.8) is 0 Å². The van der Waals surface area contributed by atoms with Crippen LogP contribution in [0.3, 0.4) is 0 Å². The van der Waals surface area contributed by atoms with Crippen LogP contribution in [0.2, 0.25) is 0 Å². The number of nitrogens with zero attached hydrogens (tertiary/aromatic N) is 5. The number of fused-ring (bicyclic) bond motifs is 4. The van der Waals surface area contributed by atoms with Crippen molar-refractivity contribution in [1.82, 2.24) is 24.8 Å². The summed E-state index contributed by atoms with van der Waals surface area (Å²) in [6, 6.07) is 9.35. The SMILES string of the molecule is COC1(C)CN(C(=O)C23CCC(Nc4cc(-c5ccc6cc(C#N)cnn56)ncc4C(=O)NC[C@@H](F)C(C)(C)O)(CC2)CC3)C1. The quantitative estimate of drug-likeness (QED) is 0.328. The molecule has 3 aliphatic carbocycles. The van der Waals surface area contributed by atoms with E-state index in [2.05, 4.69) is 26.8 Å². The monoisotopic (exact) mass is 617 g/mol. The average molecular weight is 618 g/mol. The Balaban J connectivity index is 1.26. The molecule has 0 spiro atoms. The summed E-state index contributed by atoms with van der Waals surface area (Å²) < 4.78 is 21.8. The number of aliphatic hydroxyl groups is 1. The molecule has 12 heteroatoms. The summed E-state index contributed by atoms with van der Waals surface area (Å²) in [4.78, 5) is 33.5. The summed E-state index contributed by atoms with van der Waals surface area (Å²) in [6.45, 7) is 5.61. The van der Waals surface area contributed by atoms with Crippen LogP contribution in [0.5, 0.6) is 0 Å². The summed E-state index contributed by atoms with van der Waals surface area (Å²) in [5, 5.41) is 30.0. The van der Waals surface area contributed by atoms with Gasteiger partial charge in [-0.3, -0.25) is 14.6 Å². The fourth-order valence-corrected chi connectivity index (χ4v) is 7.01. The maximum Gasteiger partial charge on any atom is 0.255 e. The van der Waals surface area contributed by atoms with E-state index in [4.69, 9.17) is 4.74 Å². The molecule has 3 N–H and O–H groups in total. The third-order valence-corrected chi connectivity index (χ3v) is 10.2. The van der Waals surface area contributed by atoms with Gasteiger partial charge in [-0.05, 0) is 83.6 Å². The van der Waals surface area contributed by atoms with Crippen LogP contribution < -0.4 is 10.6 Å². The normalized spacial score (nSPS) is 24.5. The van der Waals surface area contributed by atoms with Crippen molar-refractivity contribution in [2.24, 2.45) is 5.41 Å². The maximum atomic E-state index is 14.5. The van der Waals surface area contributed by atoms with Crippen LogP contribution in [0.25, 0.3) is 16.9 Å². The molecule has 2 amide bonds. The van der Waals surface area contributed by atoms with Crippen molar-refractivity contribution in [3.05, 3.63) is 47.8 Å². The molecule has 4 heterocycles. The molecule has 2 bridgehead atoms. The maximum absolute atomic E-state index is 14.5. The number of hydrogen-bond acceptors (Lipinski definition) is 8. The topological polar surface area (TPSA) is 145 Å². The van der Waals surface area contributed by atoms with E-state index in [1.165, 1.54) is 26.2 Å². The zero-order chi connectivity index (χ0) is 32.2. The number of nitrogens with one attached hydrogen (secondary N) is 2. The Bertz CT molecular complexity index is 1660. The Hall–Kier alpha value is -4.08. The molecule has 4 fully saturated rings. The molecule has 238 valence electrons. The molecule has 1 aliphatic heterocycles. The summed E-state index contributed by atoms with van der Waals surface area (Å²) in [5.41, 5.74) is 0.679. The minimum atomic E-state index is -1.66. The van der Waals surface area contributed by atoms with Gasteiger partial charge in [0, 0.05) is 24.3 Å². The Labute approximate surface area is 261 Å². The molecule has 1 atom stereocenters. The van der Waals surface area contributed by atoms with E-state index in [9.17, 15) is 24.3 Å². The largest absolute Gasteiger partial charge is 0.387 e. The van der Waals surface area contributed by atoms with Crippen molar-refractivity contribution in [3.8, 4) is 17.5 Å². The third-order valence-electron chi connectivity index (χ3n) is 10.2. The first-order valence-corrected chi connectivity index (χ1v) is 15.5. The number of ether oxygens (including phenoxy) is 1. The van der Waals surface area contributed by atoms with E-state index in [0.29, 0.717) is 35.7 Å². The van der Waals surface area contributed by atoms with Crippen LogP contribution in [0.4, 0.5) is 10.1 Å². The fraction of sp³-hybridized carbons (Fsp3) is 0.545. The van der Waals surface area contributed by atoms with Gasteiger partial charge in [-0.15, -0.1) is 0 Å². The van der Waals surface area contributed by atoms with Gasteiger partial charge in [-0.25, -0.2) is 8.91 Å². The van der Waals surface area contributed by atoms with Crippen LogP contribution in [0.15, 0.2) is 36.7 Å². The van der Waals surface area contributed by atoms with Crippen molar-refractivity contribution >= 4 is 23.0 Å². The zero-order valence-electron chi connectivity index (χ0n) is 26.2. The van der Waals surface area contributed by atoms with Crippen LogP contribution in [0, 0.1) is 16.7 Å². The molecular formula is C33H40FN7O4. The van der Waals surface area contributed by atoms with E-state index < -0.39 is 17.7 Å². The second kappa shape index (κ2) is 11.1. The molecule has 3 aromatic rings. The second-order valence-electron chi connectivity index (χ2n) is 13.9. The molecule has 0 aromatic carbocycles. The summed E-state index contributed by atoms with van der Waals surface area (Å²) >= 11 is 0. The first-order chi connectivity index (χ1) is 21.3. The van der Waals surface area contributed by atoms with Crippen LogP contribution in [-0.2, 0) is 9.53 Å². The first kappa shape index (κ1) is 30.9. The Morgan fingerprint density at radius 2 is 1.84 bits per heavy atom. The van der Waals surface area contributed by atoms with Gasteiger partial charge in [0.1, 0.15) is 12.2 Å². The van der Waals surface area contributed by atoms with Gasteiger partial charge in [0.25, 0.3) is 5.91 Å². The lowest BCUT2D eigenvalue weighted by molar-refractivity contribution is -0.173.